The lowest BCUT2D eigenvalue weighted by Gasteiger charge is -2.21. The van der Waals surface area contributed by atoms with Crippen LogP contribution in [0.4, 0.5) is 5.69 Å². The summed E-state index contributed by atoms with van der Waals surface area (Å²) in [4.78, 5) is 37.5. The summed E-state index contributed by atoms with van der Waals surface area (Å²) in [6.07, 6.45) is 0. The molecule has 164 valence electrons. The number of benzene rings is 3. The summed E-state index contributed by atoms with van der Waals surface area (Å²) in [5.41, 5.74) is 2.61. The fourth-order valence-corrected chi connectivity index (χ4v) is 3.30. The van der Waals surface area contributed by atoms with Crippen molar-refractivity contribution in [3.05, 3.63) is 102 Å². The van der Waals surface area contributed by atoms with Crippen molar-refractivity contribution in [3.63, 3.8) is 0 Å². The molecule has 0 heterocycles. The van der Waals surface area contributed by atoms with Crippen LogP contribution in [-0.4, -0.2) is 30.4 Å². The van der Waals surface area contributed by atoms with Gasteiger partial charge in [-0.3, -0.25) is 9.59 Å². The van der Waals surface area contributed by atoms with Crippen molar-refractivity contribution in [1.29, 1.82) is 0 Å². The van der Waals surface area contributed by atoms with Crippen molar-refractivity contribution in [3.8, 4) is 0 Å². The summed E-state index contributed by atoms with van der Waals surface area (Å²) in [5, 5.41) is 5.58. The molecular weight excluding hydrogens is 404 g/mol. The van der Waals surface area contributed by atoms with Gasteiger partial charge >= 0.3 is 5.97 Å². The Morgan fingerprint density at radius 1 is 0.781 bits per heavy atom. The van der Waals surface area contributed by atoms with Gasteiger partial charge < -0.3 is 15.4 Å². The number of esters is 1. The lowest BCUT2D eigenvalue weighted by Crippen LogP contribution is -2.43. The van der Waals surface area contributed by atoms with E-state index >= 15 is 0 Å². The number of hydrogen-bond acceptors (Lipinski definition) is 4. The minimum Gasteiger partial charge on any atom is -0.462 e. The highest BCUT2D eigenvalue weighted by Crippen LogP contribution is 2.25. The Morgan fingerprint density at radius 3 is 1.81 bits per heavy atom. The fraction of sp³-hybridized carbons (Fsp3) is 0.192. The number of ether oxygens (including phenoxy) is 1. The van der Waals surface area contributed by atoms with Gasteiger partial charge in [-0.1, -0.05) is 60.7 Å². The van der Waals surface area contributed by atoms with Gasteiger partial charge in [-0.2, -0.15) is 0 Å². The van der Waals surface area contributed by atoms with Gasteiger partial charge in [0.25, 0.3) is 0 Å². The predicted octanol–water partition coefficient (Wildman–Crippen LogP) is 4.14. The molecule has 6 nitrogen and oxygen atoms in total. The van der Waals surface area contributed by atoms with Crippen LogP contribution in [0.15, 0.2) is 84.9 Å². The van der Waals surface area contributed by atoms with E-state index in [1.165, 1.54) is 0 Å². The SMILES string of the molecule is CCOC(=O)c1ccc(NC(=O)[C@@H](C)NC(=O)C(c2ccccc2)c2ccccc2)cc1. The molecule has 0 fully saturated rings. The van der Waals surface area contributed by atoms with Crippen LogP contribution in [-0.2, 0) is 14.3 Å². The van der Waals surface area contributed by atoms with E-state index in [1.807, 2.05) is 60.7 Å². The van der Waals surface area contributed by atoms with E-state index < -0.39 is 17.9 Å². The van der Waals surface area contributed by atoms with Gasteiger partial charge in [0, 0.05) is 5.69 Å². The van der Waals surface area contributed by atoms with Gasteiger partial charge in [0.15, 0.2) is 0 Å². The monoisotopic (exact) mass is 430 g/mol. The Kier molecular flexibility index (Phi) is 7.75. The van der Waals surface area contributed by atoms with E-state index in [1.54, 1.807) is 38.1 Å². The molecule has 0 bridgehead atoms. The molecule has 3 rings (SSSR count). The van der Waals surface area contributed by atoms with Crippen LogP contribution in [0.1, 0.15) is 41.3 Å². The second kappa shape index (κ2) is 10.9. The third-order valence-corrected chi connectivity index (χ3v) is 4.94. The first-order chi connectivity index (χ1) is 15.5. The second-order valence-electron chi connectivity index (χ2n) is 7.27. The van der Waals surface area contributed by atoms with Gasteiger partial charge in [0.1, 0.15) is 6.04 Å². The van der Waals surface area contributed by atoms with E-state index in [-0.39, 0.29) is 11.8 Å². The van der Waals surface area contributed by atoms with Crippen LogP contribution in [0.5, 0.6) is 0 Å². The average molecular weight is 431 g/mol. The Labute approximate surface area is 187 Å². The molecule has 3 aromatic rings. The maximum Gasteiger partial charge on any atom is 0.338 e. The third-order valence-electron chi connectivity index (χ3n) is 4.94. The highest BCUT2D eigenvalue weighted by molar-refractivity contribution is 5.99. The lowest BCUT2D eigenvalue weighted by atomic mass is 9.90. The van der Waals surface area contributed by atoms with Crippen molar-refractivity contribution < 1.29 is 19.1 Å². The van der Waals surface area contributed by atoms with Gasteiger partial charge in [0.2, 0.25) is 11.8 Å². The van der Waals surface area contributed by atoms with Crippen LogP contribution in [0.25, 0.3) is 0 Å². The summed E-state index contributed by atoms with van der Waals surface area (Å²) in [6.45, 7) is 3.66. The lowest BCUT2D eigenvalue weighted by molar-refractivity contribution is -0.126. The van der Waals surface area contributed by atoms with E-state index in [9.17, 15) is 14.4 Å². The largest absolute Gasteiger partial charge is 0.462 e. The molecule has 0 saturated carbocycles. The van der Waals surface area contributed by atoms with Crippen LogP contribution < -0.4 is 10.6 Å². The average Bonchev–Trinajstić information content (AvgIpc) is 2.81. The molecule has 1 atom stereocenters. The Balaban J connectivity index is 1.68. The van der Waals surface area contributed by atoms with E-state index in [0.29, 0.717) is 17.9 Å². The first kappa shape index (κ1) is 22.7. The molecule has 0 saturated heterocycles. The van der Waals surface area contributed by atoms with Gasteiger partial charge in [-0.05, 0) is 49.2 Å². The number of anilines is 1. The summed E-state index contributed by atoms with van der Waals surface area (Å²) in [7, 11) is 0. The van der Waals surface area contributed by atoms with Crippen LogP contribution in [0, 0.1) is 0 Å². The van der Waals surface area contributed by atoms with Crippen molar-refractivity contribution >= 4 is 23.5 Å². The number of amides is 2. The quantitative estimate of drug-likeness (QED) is 0.526. The standard InChI is InChI=1S/C26H26N2O4/c1-3-32-26(31)21-14-16-22(17-15-21)28-24(29)18(2)27-25(30)23(19-10-6-4-7-11-19)20-12-8-5-9-13-20/h4-18,23H,3H2,1-2H3,(H,27,30)(H,28,29)/t18-/m1/s1. The summed E-state index contributed by atoms with van der Waals surface area (Å²) in [5.74, 6) is -1.57. The molecule has 0 radical (unpaired) electrons. The molecule has 0 unspecified atom stereocenters. The van der Waals surface area contributed by atoms with Crippen LogP contribution in [0.2, 0.25) is 0 Å². The molecule has 0 aliphatic rings. The molecule has 0 spiro atoms. The van der Waals surface area contributed by atoms with E-state index in [2.05, 4.69) is 10.6 Å². The predicted molar refractivity (Wildman–Crippen MR) is 123 cm³/mol. The molecule has 0 aliphatic heterocycles. The maximum atomic E-state index is 13.2. The highest BCUT2D eigenvalue weighted by atomic mass is 16.5. The molecule has 2 amide bonds. The second-order valence-corrected chi connectivity index (χ2v) is 7.27. The van der Waals surface area contributed by atoms with E-state index in [4.69, 9.17) is 4.74 Å². The number of rotatable bonds is 8. The minimum atomic E-state index is -0.762. The zero-order valence-electron chi connectivity index (χ0n) is 18.1. The Morgan fingerprint density at radius 2 is 1.31 bits per heavy atom. The maximum absolute atomic E-state index is 13.2. The smallest absolute Gasteiger partial charge is 0.338 e. The molecule has 32 heavy (non-hydrogen) atoms. The molecular formula is C26H26N2O4. The Hall–Kier alpha value is -3.93. The molecule has 0 aliphatic carbocycles. The van der Waals surface area contributed by atoms with Gasteiger partial charge in [-0.15, -0.1) is 0 Å². The van der Waals surface area contributed by atoms with Crippen molar-refractivity contribution in [2.45, 2.75) is 25.8 Å². The first-order valence-corrected chi connectivity index (χ1v) is 10.5. The summed E-state index contributed by atoms with van der Waals surface area (Å²) in [6, 6.07) is 24.6. The normalized spacial score (nSPS) is 11.5. The molecule has 3 aromatic carbocycles. The number of carbonyl (C=O) groups is 3. The highest BCUT2D eigenvalue weighted by Gasteiger charge is 2.25. The van der Waals surface area contributed by atoms with Crippen LogP contribution >= 0.6 is 0 Å². The number of hydrogen-bond donors (Lipinski definition) is 2. The van der Waals surface area contributed by atoms with Gasteiger partial charge in [-0.25, -0.2) is 4.79 Å². The van der Waals surface area contributed by atoms with Crippen LogP contribution in [0.3, 0.4) is 0 Å². The Bertz CT molecular complexity index is 1010. The van der Waals surface area contributed by atoms with Crippen molar-refractivity contribution in [1.82, 2.24) is 5.32 Å². The van der Waals surface area contributed by atoms with Crippen molar-refractivity contribution in [2.75, 3.05) is 11.9 Å². The zero-order valence-corrected chi connectivity index (χ0v) is 18.1. The minimum absolute atomic E-state index is 0.261. The summed E-state index contributed by atoms with van der Waals surface area (Å²) < 4.78 is 4.95. The fourth-order valence-electron chi connectivity index (χ4n) is 3.30. The molecule has 6 heteroatoms. The van der Waals surface area contributed by atoms with E-state index in [0.717, 1.165) is 11.1 Å². The summed E-state index contributed by atoms with van der Waals surface area (Å²) >= 11 is 0. The molecule has 2 N–H and O–H groups in total. The first-order valence-electron chi connectivity index (χ1n) is 10.5. The third kappa shape index (κ3) is 5.82. The topological polar surface area (TPSA) is 84.5 Å². The number of carbonyl (C=O) groups excluding carboxylic acids is 3. The zero-order chi connectivity index (χ0) is 22.9. The van der Waals surface area contributed by atoms with Crippen molar-refractivity contribution in [2.24, 2.45) is 0 Å². The number of nitrogens with one attached hydrogen (secondary N) is 2. The van der Waals surface area contributed by atoms with Gasteiger partial charge in [0.05, 0.1) is 18.1 Å². The molecule has 0 aromatic heterocycles.